The van der Waals surface area contributed by atoms with E-state index in [1.54, 1.807) is 12.1 Å². The van der Waals surface area contributed by atoms with Crippen LogP contribution in [0, 0.1) is 0 Å². The molecule has 0 bridgehead atoms. The smallest absolute Gasteiger partial charge is 0.301 e. The topological polar surface area (TPSA) is 50.2 Å². The third kappa shape index (κ3) is 4.75. The summed E-state index contributed by atoms with van der Waals surface area (Å²) in [4.78, 5) is 18.0. The number of hydrogen-bond donors (Lipinski definition) is 1. The second-order valence-electron chi connectivity index (χ2n) is 7.50. The molecule has 31 heavy (non-hydrogen) atoms. The molecule has 4 rings (SSSR count). The van der Waals surface area contributed by atoms with E-state index in [4.69, 9.17) is 39.8 Å². The highest BCUT2D eigenvalue weighted by Gasteiger charge is 2.26. The summed E-state index contributed by atoms with van der Waals surface area (Å²) in [5, 5.41) is 3.65. The quantitative estimate of drug-likeness (QED) is 0.467. The summed E-state index contributed by atoms with van der Waals surface area (Å²) >= 11 is 18.8. The Kier molecular flexibility index (Phi) is 6.87. The number of carbonyl (C=O) groups is 1. The minimum absolute atomic E-state index is 0.227. The van der Waals surface area contributed by atoms with E-state index in [1.807, 2.05) is 46.8 Å². The summed E-state index contributed by atoms with van der Waals surface area (Å²) in [6.07, 6.45) is 3.34. The zero-order valence-electron chi connectivity index (χ0n) is 17.2. The van der Waals surface area contributed by atoms with Crippen LogP contribution in [0.2, 0.25) is 15.1 Å². The number of hydrogen-bond acceptors (Lipinski definition) is 3. The molecule has 0 atom stereocenters. The Balaban J connectivity index is 1.84. The summed E-state index contributed by atoms with van der Waals surface area (Å²) < 4.78 is 1.90. The van der Waals surface area contributed by atoms with Crippen LogP contribution in [0.5, 0.6) is 0 Å². The number of carbonyl (C=O) groups excluding carboxylic acids is 1. The molecule has 162 valence electrons. The standard InChI is InChI=1S/C23H23Cl3N4O/c1-2-30-21(18-11-10-17(25)14-19(18)26)20(15-6-8-16(24)9-7-15)27-22(30)23(31)28-29-12-4-3-5-13-29/h6-11,14H,2-5,12-13H2,1H3,(H,28,31). The number of piperidine rings is 1. The van der Waals surface area contributed by atoms with E-state index in [2.05, 4.69) is 5.43 Å². The lowest BCUT2D eigenvalue weighted by Crippen LogP contribution is -2.45. The first-order chi connectivity index (χ1) is 15.0. The van der Waals surface area contributed by atoms with Gasteiger partial charge in [-0.3, -0.25) is 10.2 Å². The highest BCUT2D eigenvalue weighted by Crippen LogP contribution is 2.38. The Morgan fingerprint density at radius 2 is 1.68 bits per heavy atom. The summed E-state index contributed by atoms with van der Waals surface area (Å²) in [7, 11) is 0. The number of nitrogens with zero attached hydrogens (tertiary/aromatic N) is 3. The largest absolute Gasteiger partial charge is 0.320 e. The van der Waals surface area contributed by atoms with Gasteiger partial charge in [-0.25, -0.2) is 9.99 Å². The number of halogens is 3. The van der Waals surface area contributed by atoms with Gasteiger partial charge in [0.25, 0.3) is 0 Å². The first-order valence-electron chi connectivity index (χ1n) is 10.4. The van der Waals surface area contributed by atoms with E-state index in [0.29, 0.717) is 33.1 Å². The molecule has 5 nitrogen and oxygen atoms in total. The van der Waals surface area contributed by atoms with Crippen molar-refractivity contribution in [3.63, 3.8) is 0 Å². The molecule has 1 aromatic heterocycles. The van der Waals surface area contributed by atoms with Crippen LogP contribution in [0.1, 0.15) is 36.8 Å². The molecule has 0 aliphatic carbocycles. The van der Waals surface area contributed by atoms with Gasteiger partial charge in [0.05, 0.1) is 16.4 Å². The molecule has 2 heterocycles. The highest BCUT2D eigenvalue weighted by molar-refractivity contribution is 6.36. The lowest BCUT2D eigenvalue weighted by atomic mass is 10.0. The van der Waals surface area contributed by atoms with Crippen LogP contribution in [0.15, 0.2) is 42.5 Å². The number of imidazole rings is 1. The normalized spacial score (nSPS) is 14.6. The van der Waals surface area contributed by atoms with Gasteiger partial charge in [-0.1, -0.05) is 53.4 Å². The van der Waals surface area contributed by atoms with Crippen molar-refractivity contribution in [2.45, 2.75) is 32.7 Å². The maximum absolute atomic E-state index is 13.2. The maximum atomic E-state index is 13.2. The summed E-state index contributed by atoms with van der Waals surface area (Å²) in [5.74, 6) is 0.120. The van der Waals surface area contributed by atoms with E-state index in [1.165, 1.54) is 6.42 Å². The average Bonchev–Trinajstić information content (AvgIpc) is 3.14. The lowest BCUT2D eigenvalue weighted by molar-refractivity contribution is 0.0735. The summed E-state index contributed by atoms with van der Waals surface area (Å²) in [6, 6.07) is 12.7. The minimum atomic E-state index is -0.227. The fraction of sp³-hybridized carbons (Fsp3) is 0.304. The van der Waals surface area contributed by atoms with Crippen LogP contribution < -0.4 is 5.43 Å². The molecule has 3 aromatic rings. The van der Waals surface area contributed by atoms with Gasteiger partial charge < -0.3 is 4.57 Å². The van der Waals surface area contributed by atoms with Crippen LogP contribution in [0.25, 0.3) is 22.5 Å². The molecule has 1 N–H and O–H groups in total. The zero-order chi connectivity index (χ0) is 22.0. The monoisotopic (exact) mass is 476 g/mol. The van der Waals surface area contributed by atoms with Crippen molar-refractivity contribution < 1.29 is 4.79 Å². The molecular weight excluding hydrogens is 455 g/mol. The molecule has 0 radical (unpaired) electrons. The maximum Gasteiger partial charge on any atom is 0.301 e. The number of nitrogens with one attached hydrogen (secondary N) is 1. The van der Waals surface area contributed by atoms with Gasteiger partial charge in [-0.05, 0) is 50.1 Å². The highest BCUT2D eigenvalue weighted by atomic mass is 35.5. The van der Waals surface area contributed by atoms with Gasteiger partial charge in [0.1, 0.15) is 0 Å². The molecule has 0 spiro atoms. The Morgan fingerprint density at radius 3 is 2.32 bits per heavy atom. The predicted octanol–water partition coefficient (Wildman–Crippen LogP) is 6.33. The van der Waals surface area contributed by atoms with Gasteiger partial charge in [0.2, 0.25) is 5.82 Å². The zero-order valence-corrected chi connectivity index (χ0v) is 19.4. The predicted molar refractivity (Wildman–Crippen MR) is 127 cm³/mol. The van der Waals surface area contributed by atoms with E-state index in [0.717, 1.165) is 42.8 Å². The third-order valence-electron chi connectivity index (χ3n) is 5.41. The van der Waals surface area contributed by atoms with Crippen LogP contribution in [-0.2, 0) is 6.54 Å². The SMILES string of the molecule is CCn1c(C(=O)NN2CCCCC2)nc(-c2ccc(Cl)cc2)c1-c1ccc(Cl)cc1Cl. The fourth-order valence-electron chi connectivity index (χ4n) is 3.90. The van der Waals surface area contributed by atoms with Crippen molar-refractivity contribution >= 4 is 40.7 Å². The molecule has 1 saturated heterocycles. The number of benzene rings is 2. The van der Waals surface area contributed by atoms with E-state index in [9.17, 15) is 4.79 Å². The third-order valence-corrected chi connectivity index (χ3v) is 6.21. The van der Waals surface area contributed by atoms with Crippen molar-refractivity contribution in [2.75, 3.05) is 13.1 Å². The van der Waals surface area contributed by atoms with E-state index >= 15 is 0 Å². The average molecular weight is 478 g/mol. The molecule has 2 aromatic carbocycles. The molecule has 1 amide bonds. The first-order valence-corrected chi connectivity index (χ1v) is 11.5. The van der Waals surface area contributed by atoms with Crippen LogP contribution in [-0.4, -0.2) is 33.6 Å². The van der Waals surface area contributed by atoms with Gasteiger partial charge in [-0.2, -0.15) is 0 Å². The number of rotatable bonds is 5. The van der Waals surface area contributed by atoms with Crippen LogP contribution >= 0.6 is 34.8 Å². The Morgan fingerprint density at radius 1 is 1.00 bits per heavy atom. The van der Waals surface area contributed by atoms with Crippen LogP contribution in [0.3, 0.4) is 0 Å². The molecule has 1 fully saturated rings. The van der Waals surface area contributed by atoms with E-state index in [-0.39, 0.29) is 5.91 Å². The Bertz CT molecular complexity index is 1090. The lowest BCUT2D eigenvalue weighted by Gasteiger charge is -2.26. The van der Waals surface area contributed by atoms with Gasteiger partial charge in [-0.15, -0.1) is 0 Å². The van der Waals surface area contributed by atoms with Gasteiger partial charge >= 0.3 is 5.91 Å². The van der Waals surface area contributed by atoms with Crippen molar-refractivity contribution in [3.8, 4) is 22.5 Å². The first kappa shape index (κ1) is 22.2. The van der Waals surface area contributed by atoms with Crippen molar-refractivity contribution in [2.24, 2.45) is 0 Å². The van der Waals surface area contributed by atoms with E-state index < -0.39 is 0 Å². The number of aromatic nitrogens is 2. The number of hydrazine groups is 1. The molecule has 1 aliphatic rings. The summed E-state index contributed by atoms with van der Waals surface area (Å²) in [5.41, 5.74) is 6.09. The molecule has 0 unspecified atom stereocenters. The second-order valence-corrected chi connectivity index (χ2v) is 8.78. The van der Waals surface area contributed by atoms with Crippen molar-refractivity contribution in [1.82, 2.24) is 20.0 Å². The fourth-order valence-corrected chi connectivity index (χ4v) is 4.52. The Labute approximate surface area is 196 Å². The molecular formula is C23H23Cl3N4O. The molecule has 8 heteroatoms. The molecule has 0 saturated carbocycles. The van der Waals surface area contributed by atoms with Crippen LogP contribution in [0.4, 0.5) is 0 Å². The van der Waals surface area contributed by atoms with Gasteiger partial charge in [0.15, 0.2) is 0 Å². The second kappa shape index (κ2) is 9.61. The number of amides is 1. The van der Waals surface area contributed by atoms with Crippen molar-refractivity contribution in [1.29, 1.82) is 0 Å². The summed E-state index contributed by atoms with van der Waals surface area (Å²) in [6.45, 7) is 4.23. The Hall–Kier alpha value is -2.05. The van der Waals surface area contributed by atoms with Crippen molar-refractivity contribution in [3.05, 3.63) is 63.4 Å². The minimum Gasteiger partial charge on any atom is -0.320 e. The molecule has 1 aliphatic heterocycles. The van der Waals surface area contributed by atoms with Gasteiger partial charge in [0, 0.05) is 40.8 Å².